The first-order valence-corrected chi connectivity index (χ1v) is 10.0. The summed E-state index contributed by atoms with van der Waals surface area (Å²) in [4.78, 5) is 17.5. The summed E-state index contributed by atoms with van der Waals surface area (Å²) < 4.78 is 11.1. The van der Waals surface area contributed by atoms with Gasteiger partial charge in [-0.1, -0.05) is 19.9 Å². The average Bonchev–Trinajstić information content (AvgIpc) is 3.14. The number of carbonyl (C=O) groups is 1. The van der Waals surface area contributed by atoms with Gasteiger partial charge in [-0.2, -0.15) is 0 Å². The molecule has 5 heteroatoms. The maximum absolute atomic E-state index is 12.4. The monoisotopic (exact) mass is 364 g/mol. The van der Waals surface area contributed by atoms with Crippen molar-refractivity contribution in [1.29, 1.82) is 0 Å². The fourth-order valence-corrected chi connectivity index (χ4v) is 6.91. The Balaban J connectivity index is 1.78. The van der Waals surface area contributed by atoms with Crippen LogP contribution in [0.15, 0.2) is 11.6 Å². The molecule has 1 aliphatic heterocycles. The number of hydrogen-bond acceptors (Lipinski definition) is 5. The van der Waals surface area contributed by atoms with Crippen LogP contribution in [0.5, 0.6) is 0 Å². The minimum atomic E-state index is -0.514. The van der Waals surface area contributed by atoms with Crippen LogP contribution in [0.25, 0.3) is 0 Å². The van der Waals surface area contributed by atoms with Gasteiger partial charge >= 0.3 is 5.97 Å². The lowest BCUT2D eigenvalue weighted by Crippen LogP contribution is -2.62. The summed E-state index contributed by atoms with van der Waals surface area (Å²) in [5, 5.41) is 9.71. The topological polar surface area (TPSA) is 68.3 Å². The molecule has 3 aliphatic carbocycles. The molecule has 0 bridgehead atoms. The van der Waals surface area contributed by atoms with E-state index < -0.39 is 5.60 Å². The number of ether oxygens (including phenoxy) is 2. The van der Waals surface area contributed by atoms with Gasteiger partial charge in [-0.05, 0) is 69.1 Å². The van der Waals surface area contributed by atoms with Crippen molar-refractivity contribution in [3.8, 4) is 0 Å². The molecule has 0 amide bonds. The van der Waals surface area contributed by atoms with E-state index in [2.05, 4.69) is 26.8 Å². The number of rotatable bonds is 3. The molecule has 7 atom stereocenters. The van der Waals surface area contributed by atoms with Crippen LogP contribution in [0.4, 0.5) is 0 Å². The van der Waals surface area contributed by atoms with Crippen molar-refractivity contribution in [2.24, 2.45) is 29.1 Å². The Morgan fingerprint density at radius 2 is 2.08 bits per heavy atom. The van der Waals surface area contributed by atoms with Crippen molar-refractivity contribution in [1.82, 2.24) is 0 Å². The van der Waals surface area contributed by atoms with Gasteiger partial charge in [0.1, 0.15) is 5.60 Å². The summed E-state index contributed by atoms with van der Waals surface area (Å²) in [7, 11) is 1.46. The second-order valence-corrected chi connectivity index (χ2v) is 9.68. The van der Waals surface area contributed by atoms with Gasteiger partial charge in [0.2, 0.25) is 0 Å². The molecule has 2 saturated carbocycles. The predicted molar refractivity (Wildman–Crippen MR) is 96.3 cm³/mol. The number of epoxide rings is 1. The molecule has 3 fully saturated rings. The number of fused-ring (bicyclic) bond motifs is 5. The molecule has 1 heterocycles. The van der Waals surface area contributed by atoms with E-state index in [4.69, 9.17) is 14.4 Å². The SMILES string of the molecule is COC(=O)/C1=C/[C@@H]2[C@H](C[C@]3(C)O[C@H]3CC1)[C@H]1[C@]2(C(C)C)CC[C@@]1(C)OO. The third-order valence-corrected chi connectivity index (χ3v) is 8.27. The van der Waals surface area contributed by atoms with E-state index in [1.165, 1.54) is 7.11 Å². The molecular weight excluding hydrogens is 332 g/mol. The van der Waals surface area contributed by atoms with Crippen LogP contribution in [-0.2, 0) is 19.2 Å². The summed E-state index contributed by atoms with van der Waals surface area (Å²) >= 11 is 0. The Labute approximate surface area is 156 Å². The van der Waals surface area contributed by atoms with Crippen molar-refractivity contribution in [3.05, 3.63) is 11.6 Å². The maximum atomic E-state index is 12.4. The molecule has 1 N–H and O–H groups in total. The van der Waals surface area contributed by atoms with E-state index in [0.717, 1.165) is 31.3 Å². The van der Waals surface area contributed by atoms with E-state index in [0.29, 0.717) is 24.2 Å². The highest BCUT2D eigenvalue weighted by atomic mass is 17.1. The van der Waals surface area contributed by atoms with Crippen molar-refractivity contribution >= 4 is 5.97 Å². The van der Waals surface area contributed by atoms with Crippen LogP contribution < -0.4 is 0 Å². The maximum Gasteiger partial charge on any atom is 0.333 e. The highest BCUT2D eigenvalue weighted by molar-refractivity contribution is 5.88. The molecule has 0 aromatic heterocycles. The molecule has 26 heavy (non-hydrogen) atoms. The third-order valence-electron chi connectivity index (χ3n) is 8.27. The highest BCUT2D eigenvalue weighted by Crippen LogP contribution is 2.74. The molecule has 4 aliphatic rings. The molecule has 0 aromatic carbocycles. The second-order valence-electron chi connectivity index (χ2n) is 9.68. The number of esters is 1. The van der Waals surface area contributed by atoms with E-state index in [9.17, 15) is 10.1 Å². The fourth-order valence-electron chi connectivity index (χ4n) is 6.91. The van der Waals surface area contributed by atoms with Crippen LogP contribution in [-0.4, -0.2) is 35.6 Å². The van der Waals surface area contributed by atoms with Crippen LogP contribution in [0.1, 0.15) is 59.8 Å². The number of methoxy groups -OCH3 is 1. The molecule has 0 spiro atoms. The van der Waals surface area contributed by atoms with Crippen LogP contribution >= 0.6 is 0 Å². The van der Waals surface area contributed by atoms with Gasteiger partial charge < -0.3 is 9.47 Å². The summed E-state index contributed by atoms with van der Waals surface area (Å²) in [6, 6.07) is 0. The number of carbonyl (C=O) groups excluding carboxylic acids is 1. The van der Waals surface area contributed by atoms with Crippen molar-refractivity contribution in [2.45, 2.75) is 77.1 Å². The number of allylic oxidation sites excluding steroid dienone is 1. The minimum Gasteiger partial charge on any atom is -0.466 e. The van der Waals surface area contributed by atoms with Gasteiger partial charge in [0.25, 0.3) is 0 Å². The van der Waals surface area contributed by atoms with Crippen molar-refractivity contribution < 1.29 is 24.4 Å². The molecular formula is C21H32O5. The van der Waals surface area contributed by atoms with Gasteiger partial charge in [0, 0.05) is 11.5 Å². The summed E-state index contributed by atoms with van der Waals surface area (Å²) in [5.74, 6) is 1.17. The van der Waals surface area contributed by atoms with Gasteiger partial charge in [0.15, 0.2) is 0 Å². The van der Waals surface area contributed by atoms with Gasteiger partial charge in [-0.15, -0.1) is 0 Å². The summed E-state index contributed by atoms with van der Waals surface area (Å²) in [5.41, 5.74) is 0.232. The van der Waals surface area contributed by atoms with E-state index in [1.807, 2.05) is 6.92 Å². The first-order chi connectivity index (χ1) is 12.2. The second kappa shape index (κ2) is 5.79. The molecule has 0 radical (unpaired) electrons. The molecule has 1 saturated heterocycles. The first-order valence-electron chi connectivity index (χ1n) is 10.0. The average molecular weight is 364 g/mol. The Bertz CT molecular complexity index is 642. The zero-order valence-corrected chi connectivity index (χ0v) is 16.6. The largest absolute Gasteiger partial charge is 0.466 e. The molecule has 0 aromatic rings. The third kappa shape index (κ3) is 2.29. The first kappa shape index (κ1) is 18.5. The molecule has 146 valence electrons. The van der Waals surface area contributed by atoms with Crippen LogP contribution in [0.2, 0.25) is 0 Å². The Morgan fingerprint density at radius 1 is 1.35 bits per heavy atom. The molecule has 0 unspecified atom stereocenters. The van der Waals surface area contributed by atoms with E-state index in [-0.39, 0.29) is 29.0 Å². The normalized spacial score (nSPS) is 51.6. The fraction of sp³-hybridized carbons (Fsp3) is 0.857. The van der Waals surface area contributed by atoms with E-state index in [1.54, 1.807) is 0 Å². The zero-order valence-electron chi connectivity index (χ0n) is 16.6. The van der Waals surface area contributed by atoms with Crippen molar-refractivity contribution in [2.75, 3.05) is 7.11 Å². The zero-order chi connectivity index (χ0) is 18.9. The van der Waals surface area contributed by atoms with Gasteiger partial charge in [-0.25, -0.2) is 9.68 Å². The highest BCUT2D eigenvalue weighted by Gasteiger charge is 2.73. The standard InChI is InChI=1S/C21H32O5/c1-12(2)21-9-8-19(3,26-23)17(21)14-11-20(4)16(25-20)7-6-13(10-15(14)21)18(22)24-5/h10,12,14-17,23H,6-9,11H2,1-5H3/b13-10+/t14-,15+,16-,17+,19+,20-,21-/m0/s1. The summed E-state index contributed by atoms with van der Waals surface area (Å²) in [6.45, 7) is 8.77. The Kier molecular flexibility index (Phi) is 4.11. The van der Waals surface area contributed by atoms with Crippen LogP contribution in [0, 0.1) is 29.1 Å². The van der Waals surface area contributed by atoms with Gasteiger partial charge in [0.05, 0.1) is 18.8 Å². The van der Waals surface area contributed by atoms with Crippen LogP contribution in [0.3, 0.4) is 0 Å². The lowest BCUT2D eigenvalue weighted by molar-refractivity contribution is -0.351. The lowest BCUT2D eigenvalue weighted by Gasteiger charge is -2.63. The van der Waals surface area contributed by atoms with Gasteiger partial charge in [-0.3, -0.25) is 5.26 Å². The quantitative estimate of drug-likeness (QED) is 0.355. The molecule has 4 rings (SSSR count). The summed E-state index contributed by atoms with van der Waals surface area (Å²) in [6.07, 6.45) is 6.83. The van der Waals surface area contributed by atoms with Crippen molar-refractivity contribution in [3.63, 3.8) is 0 Å². The minimum absolute atomic E-state index is 0.0620. The Hall–Kier alpha value is -0.910. The predicted octanol–water partition coefficient (Wildman–Crippen LogP) is 3.97. The van der Waals surface area contributed by atoms with E-state index >= 15 is 0 Å². The lowest BCUT2D eigenvalue weighted by atomic mass is 9.41. The number of hydrogen-bond donors (Lipinski definition) is 1. The smallest absolute Gasteiger partial charge is 0.333 e. The molecule has 5 nitrogen and oxygen atoms in total. The Morgan fingerprint density at radius 3 is 2.69 bits per heavy atom.